The van der Waals surface area contributed by atoms with Gasteiger partial charge in [0.25, 0.3) is 0 Å². The fourth-order valence-corrected chi connectivity index (χ4v) is 7.59. The molecule has 0 saturated carbocycles. The normalized spacial score (nSPS) is 12.6. The van der Waals surface area contributed by atoms with E-state index in [0.29, 0.717) is 19.3 Å². The van der Waals surface area contributed by atoms with Gasteiger partial charge in [0.15, 0.2) is 6.10 Å². The van der Waals surface area contributed by atoms with Crippen molar-refractivity contribution in [1.29, 1.82) is 0 Å². The van der Waals surface area contributed by atoms with Gasteiger partial charge in [-0.15, -0.1) is 0 Å². The first-order chi connectivity index (χ1) is 31.5. The van der Waals surface area contributed by atoms with Gasteiger partial charge in [0, 0.05) is 19.3 Å². The Labute approximate surface area is 395 Å². The second kappa shape index (κ2) is 52.5. The van der Waals surface area contributed by atoms with Crippen LogP contribution in [0.15, 0.2) is 72.9 Å². The monoisotopic (exact) mass is 893 g/mol. The quantitative estimate of drug-likeness (QED) is 0.0262. The van der Waals surface area contributed by atoms with Crippen LogP contribution < -0.4 is 0 Å². The summed E-state index contributed by atoms with van der Waals surface area (Å²) in [5.41, 5.74) is 0. The summed E-state index contributed by atoms with van der Waals surface area (Å²) in [7, 11) is 0. The van der Waals surface area contributed by atoms with Gasteiger partial charge in [0.05, 0.1) is 0 Å². The Balaban J connectivity index is 4.45. The van der Waals surface area contributed by atoms with E-state index < -0.39 is 6.10 Å². The number of unbranched alkanes of at least 4 members (excludes halogenated alkanes) is 30. The molecule has 0 fully saturated rings. The summed E-state index contributed by atoms with van der Waals surface area (Å²) >= 11 is 0. The zero-order valence-corrected chi connectivity index (χ0v) is 42.0. The maximum Gasteiger partial charge on any atom is 0.306 e. The van der Waals surface area contributed by atoms with Crippen molar-refractivity contribution in [2.45, 2.75) is 264 Å². The molecule has 1 atom stereocenters. The van der Waals surface area contributed by atoms with Crippen LogP contribution in [-0.2, 0) is 28.6 Å². The molecule has 0 aliphatic rings. The molecule has 1 unspecified atom stereocenters. The fourth-order valence-electron chi connectivity index (χ4n) is 7.59. The van der Waals surface area contributed by atoms with E-state index in [1.807, 2.05) is 60.8 Å². The average molecular weight is 893 g/mol. The van der Waals surface area contributed by atoms with Crippen molar-refractivity contribution in [2.24, 2.45) is 0 Å². The minimum atomic E-state index is -0.790. The minimum Gasteiger partial charge on any atom is -0.462 e. The van der Waals surface area contributed by atoms with Crippen LogP contribution in [0.5, 0.6) is 0 Å². The number of esters is 3. The summed E-state index contributed by atoms with van der Waals surface area (Å²) in [6.07, 6.45) is 65.9. The standard InChI is InChI=1S/C58H100O6/c1-4-7-10-13-16-19-22-25-28-29-31-33-36-39-42-45-48-51-57(60)63-54-55(53-62-56(59)50-47-44-41-38-35-32-27-24-21-18-15-12-9-6-3)64-58(61)52-49-46-43-40-37-34-30-26-23-20-17-14-11-8-5-2/h7,10,13,16,19,22,25,28-29,31,33,36,55H,4-6,8-9,11-12,14-15,17-18,20-21,23-24,26-27,30,32,34-35,37-54H2,1-3H3/b10-7-,16-13-,22-19-,28-25-,31-29+,36-33-. The predicted octanol–water partition coefficient (Wildman–Crippen LogP) is 17.8. The van der Waals surface area contributed by atoms with E-state index in [2.05, 4.69) is 32.9 Å². The lowest BCUT2D eigenvalue weighted by atomic mass is 10.0. The number of carbonyl (C=O) groups excluding carboxylic acids is 3. The van der Waals surface area contributed by atoms with E-state index in [9.17, 15) is 14.4 Å². The lowest BCUT2D eigenvalue weighted by molar-refractivity contribution is -0.167. The molecule has 6 heteroatoms. The molecule has 0 aromatic carbocycles. The summed E-state index contributed by atoms with van der Waals surface area (Å²) in [5.74, 6) is -0.923. The van der Waals surface area contributed by atoms with Gasteiger partial charge in [-0.25, -0.2) is 0 Å². The molecule has 64 heavy (non-hydrogen) atoms. The van der Waals surface area contributed by atoms with Crippen molar-refractivity contribution in [1.82, 2.24) is 0 Å². The Morgan fingerprint density at radius 2 is 0.609 bits per heavy atom. The third-order valence-corrected chi connectivity index (χ3v) is 11.6. The lowest BCUT2D eigenvalue weighted by Crippen LogP contribution is -2.30. The van der Waals surface area contributed by atoms with Gasteiger partial charge in [0.1, 0.15) is 13.2 Å². The van der Waals surface area contributed by atoms with Crippen LogP contribution in [0.1, 0.15) is 258 Å². The van der Waals surface area contributed by atoms with Crippen LogP contribution in [0, 0.1) is 0 Å². The topological polar surface area (TPSA) is 78.9 Å². The molecule has 0 heterocycles. The van der Waals surface area contributed by atoms with E-state index in [4.69, 9.17) is 14.2 Å². The third kappa shape index (κ3) is 49.9. The van der Waals surface area contributed by atoms with Gasteiger partial charge >= 0.3 is 17.9 Å². The van der Waals surface area contributed by atoms with E-state index in [-0.39, 0.29) is 31.1 Å². The van der Waals surface area contributed by atoms with Gasteiger partial charge in [-0.05, 0) is 38.5 Å². The maximum absolute atomic E-state index is 12.8. The maximum atomic E-state index is 12.8. The van der Waals surface area contributed by atoms with Crippen molar-refractivity contribution in [2.75, 3.05) is 13.2 Å². The number of allylic oxidation sites excluding steroid dienone is 12. The van der Waals surface area contributed by atoms with Gasteiger partial charge in [-0.2, -0.15) is 0 Å². The fraction of sp³-hybridized carbons (Fsp3) is 0.741. The highest BCUT2D eigenvalue weighted by atomic mass is 16.6. The molecule has 0 spiro atoms. The highest BCUT2D eigenvalue weighted by molar-refractivity contribution is 5.71. The first-order valence-corrected chi connectivity index (χ1v) is 27.0. The molecule has 0 saturated heterocycles. The van der Waals surface area contributed by atoms with E-state index in [1.54, 1.807) is 0 Å². The van der Waals surface area contributed by atoms with Gasteiger partial charge in [-0.1, -0.05) is 273 Å². The average Bonchev–Trinajstić information content (AvgIpc) is 3.29. The Hall–Kier alpha value is -3.15. The summed E-state index contributed by atoms with van der Waals surface area (Å²) in [4.78, 5) is 38.0. The van der Waals surface area contributed by atoms with Crippen LogP contribution in [0.3, 0.4) is 0 Å². The second-order valence-corrected chi connectivity index (χ2v) is 17.9. The molecule has 0 aromatic heterocycles. The van der Waals surface area contributed by atoms with Crippen LogP contribution >= 0.6 is 0 Å². The predicted molar refractivity (Wildman–Crippen MR) is 274 cm³/mol. The zero-order chi connectivity index (χ0) is 46.5. The molecular formula is C58H100O6. The number of ether oxygens (including phenoxy) is 3. The molecule has 6 nitrogen and oxygen atoms in total. The second-order valence-electron chi connectivity index (χ2n) is 17.9. The van der Waals surface area contributed by atoms with Crippen molar-refractivity contribution >= 4 is 17.9 Å². The van der Waals surface area contributed by atoms with Crippen molar-refractivity contribution < 1.29 is 28.6 Å². The highest BCUT2D eigenvalue weighted by Gasteiger charge is 2.19. The number of hydrogen-bond acceptors (Lipinski definition) is 6. The Morgan fingerprint density at radius 1 is 0.328 bits per heavy atom. The lowest BCUT2D eigenvalue weighted by Gasteiger charge is -2.18. The van der Waals surface area contributed by atoms with Crippen molar-refractivity contribution in [3.8, 4) is 0 Å². The zero-order valence-electron chi connectivity index (χ0n) is 42.0. The molecule has 0 rings (SSSR count). The number of carbonyl (C=O) groups is 3. The van der Waals surface area contributed by atoms with Crippen molar-refractivity contribution in [3.63, 3.8) is 0 Å². The van der Waals surface area contributed by atoms with E-state index >= 15 is 0 Å². The third-order valence-electron chi connectivity index (χ3n) is 11.6. The van der Waals surface area contributed by atoms with Crippen LogP contribution in [-0.4, -0.2) is 37.2 Å². The molecule has 368 valence electrons. The summed E-state index contributed by atoms with van der Waals surface area (Å²) in [6.45, 7) is 6.48. The van der Waals surface area contributed by atoms with Gasteiger partial charge < -0.3 is 14.2 Å². The SMILES string of the molecule is CC\C=C/C=C\C=C/C=C\C=C\C=C/CCCCCC(=O)OCC(COC(=O)CCCCCCCCCCCCCCCC)OC(=O)CCCCCCCCCCCCCCCCC. The molecule has 0 radical (unpaired) electrons. The molecular weight excluding hydrogens is 793 g/mol. The molecule has 0 aliphatic heterocycles. The van der Waals surface area contributed by atoms with E-state index in [0.717, 1.165) is 70.6 Å². The molecule has 0 aromatic rings. The molecule has 0 aliphatic carbocycles. The minimum absolute atomic E-state index is 0.0864. The van der Waals surface area contributed by atoms with E-state index in [1.165, 1.54) is 148 Å². The summed E-state index contributed by atoms with van der Waals surface area (Å²) < 4.78 is 16.8. The van der Waals surface area contributed by atoms with Gasteiger partial charge in [-0.3, -0.25) is 14.4 Å². The van der Waals surface area contributed by atoms with Gasteiger partial charge in [0.2, 0.25) is 0 Å². The summed E-state index contributed by atoms with van der Waals surface area (Å²) in [6, 6.07) is 0. The smallest absolute Gasteiger partial charge is 0.306 e. The highest BCUT2D eigenvalue weighted by Crippen LogP contribution is 2.16. The number of rotatable bonds is 48. The Bertz CT molecular complexity index is 1210. The Kier molecular flexibility index (Phi) is 49.9. The number of hydrogen-bond donors (Lipinski definition) is 0. The molecule has 0 amide bonds. The first-order valence-electron chi connectivity index (χ1n) is 27.0. The molecule has 0 bridgehead atoms. The van der Waals surface area contributed by atoms with Crippen LogP contribution in [0.25, 0.3) is 0 Å². The van der Waals surface area contributed by atoms with Crippen molar-refractivity contribution in [3.05, 3.63) is 72.9 Å². The largest absolute Gasteiger partial charge is 0.462 e. The first kappa shape index (κ1) is 60.9. The summed E-state index contributed by atoms with van der Waals surface area (Å²) in [5, 5.41) is 0. The van der Waals surface area contributed by atoms with Crippen LogP contribution in [0.2, 0.25) is 0 Å². The Morgan fingerprint density at radius 3 is 0.953 bits per heavy atom. The molecule has 0 N–H and O–H groups in total. The van der Waals surface area contributed by atoms with Crippen LogP contribution in [0.4, 0.5) is 0 Å².